The molecule has 0 radical (unpaired) electrons. The number of pyridine rings is 1. The van der Waals surface area contributed by atoms with Crippen molar-refractivity contribution in [2.75, 3.05) is 7.11 Å². The number of carbonyl (C=O) groups excluding carboxylic acids is 1. The van der Waals surface area contributed by atoms with Gasteiger partial charge in [-0.05, 0) is 37.5 Å². The van der Waals surface area contributed by atoms with Crippen molar-refractivity contribution in [3.63, 3.8) is 0 Å². The van der Waals surface area contributed by atoms with Gasteiger partial charge in [0.1, 0.15) is 5.69 Å². The van der Waals surface area contributed by atoms with Crippen molar-refractivity contribution in [1.82, 2.24) is 19.4 Å². The summed E-state index contributed by atoms with van der Waals surface area (Å²) in [5, 5.41) is 9.59. The largest absolute Gasteiger partial charge is 0.469 e. The molecule has 0 saturated heterocycles. The maximum absolute atomic E-state index is 12.8. The fourth-order valence-electron chi connectivity index (χ4n) is 4.64. The summed E-state index contributed by atoms with van der Waals surface area (Å²) in [4.78, 5) is 24.9. The number of hydrogen-bond donors (Lipinski definition) is 0. The van der Waals surface area contributed by atoms with E-state index in [2.05, 4.69) is 0 Å². The predicted octanol–water partition coefficient (Wildman–Crippen LogP) is 4.13. The van der Waals surface area contributed by atoms with Gasteiger partial charge >= 0.3 is 5.97 Å². The fourth-order valence-corrected chi connectivity index (χ4v) is 4.64. The molecule has 2 atom stereocenters. The van der Waals surface area contributed by atoms with E-state index in [0.29, 0.717) is 12.1 Å². The van der Waals surface area contributed by atoms with Crippen LogP contribution in [0.4, 0.5) is 0 Å². The molecule has 1 aromatic carbocycles. The van der Waals surface area contributed by atoms with Gasteiger partial charge in [-0.25, -0.2) is 9.20 Å². The Bertz CT molecular complexity index is 1330. The molecular formula is C25H24N4O3. The first-order valence-electron chi connectivity index (χ1n) is 10.9. The lowest BCUT2D eigenvalue weighted by Crippen LogP contribution is -2.32. The van der Waals surface area contributed by atoms with Gasteiger partial charge in [0.15, 0.2) is 0 Å². The molecule has 1 saturated carbocycles. The van der Waals surface area contributed by atoms with Crippen molar-refractivity contribution in [2.24, 2.45) is 5.92 Å². The molecule has 3 heterocycles. The third-order valence-electron chi connectivity index (χ3n) is 6.20. The summed E-state index contributed by atoms with van der Waals surface area (Å²) in [6, 6.07) is 19.0. The van der Waals surface area contributed by atoms with E-state index >= 15 is 0 Å². The molecule has 1 aliphatic rings. The molecule has 162 valence electrons. The van der Waals surface area contributed by atoms with E-state index in [4.69, 9.17) is 14.9 Å². The third kappa shape index (κ3) is 3.60. The Labute approximate surface area is 185 Å². The Kier molecular flexibility index (Phi) is 5.31. The normalized spacial score (nSPS) is 18.5. The maximum atomic E-state index is 12.8. The number of benzene rings is 1. The Hall–Kier alpha value is -3.74. The van der Waals surface area contributed by atoms with Crippen molar-refractivity contribution in [3.8, 4) is 22.5 Å². The molecule has 0 bridgehead atoms. The maximum Gasteiger partial charge on any atom is 0.308 e. The van der Waals surface area contributed by atoms with Gasteiger partial charge in [0.2, 0.25) is 0 Å². The van der Waals surface area contributed by atoms with Gasteiger partial charge in [-0.1, -0.05) is 42.8 Å². The van der Waals surface area contributed by atoms with Crippen LogP contribution in [0.3, 0.4) is 0 Å². The van der Waals surface area contributed by atoms with E-state index in [1.165, 1.54) is 7.11 Å². The zero-order chi connectivity index (χ0) is 22.1. The molecule has 3 aromatic heterocycles. The first kappa shape index (κ1) is 20.2. The summed E-state index contributed by atoms with van der Waals surface area (Å²) in [5.41, 5.74) is 4.11. The van der Waals surface area contributed by atoms with Crippen molar-refractivity contribution in [2.45, 2.75) is 31.7 Å². The van der Waals surface area contributed by atoms with E-state index in [0.717, 1.165) is 41.6 Å². The first-order valence-corrected chi connectivity index (χ1v) is 10.9. The lowest BCUT2D eigenvalue weighted by atomic mass is 9.86. The smallest absolute Gasteiger partial charge is 0.308 e. The van der Waals surface area contributed by atoms with Gasteiger partial charge in [0, 0.05) is 17.8 Å². The zero-order valence-electron chi connectivity index (χ0n) is 17.8. The average Bonchev–Trinajstić information content (AvgIpc) is 3.24. The number of nitrogens with zero attached hydrogens (tertiary/aromatic N) is 4. The molecule has 0 unspecified atom stereocenters. The minimum atomic E-state index is -0.215. The second-order valence-corrected chi connectivity index (χ2v) is 8.16. The number of carbonyl (C=O) groups is 1. The van der Waals surface area contributed by atoms with Gasteiger partial charge in [-0.2, -0.15) is 10.2 Å². The van der Waals surface area contributed by atoms with E-state index in [1.807, 2.05) is 59.2 Å². The monoisotopic (exact) mass is 428 g/mol. The molecule has 1 aliphatic carbocycles. The molecule has 5 rings (SSSR count). The number of aromatic nitrogens is 4. The minimum absolute atomic E-state index is 0.137. The summed E-state index contributed by atoms with van der Waals surface area (Å²) in [5.74, 6) is -0.416. The van der Waals surface area contributed by atoms with Gasteiger partial charge in [0.05, 0.1) is 35.8 Å². The molecule has 0 spiro atoms. The van der Waals surface area contributed by atoms with E-state index in [1.54, 1.807) is 16.8 Å². The highest BCUT2D eigenvalue weighted by Crippen LogP contribution is 2.35. The van der Waals surface area contributed by atoms with Crippen molar-refractivity contribution >= 4 is 11.5 Å². The van der Waals surface area contributed by atoms with Crippen LogP contribution in [-0.4, -0.2) is 32.5 Å². The quantitative estimate of drug-likeness (QED) is 0.457. The van der Waals surface area contributed by atoms with Crippen molar-refractivity contribution in [3.05, 3.63) is 77.2 Å². The molecule has 1 fully saturated rings. The second-order valence-electron chi connectivity index (χ2n) is 8.16. The lowest BCUT2D eigenvalue weighted by molar-refractivity contribution is -0.147. The standard InChI is InChI=1S/C25H24N4O3/c1-32-25(31)18-10-7-11-19(16-18)29-22(30)14-13-20(26-29)23-21-12-5-6-15-28(21)27-24(23)17-8-3-2-4-9-17/h2-6,8-9,12-15,18-19H,7,10-11,16H2,1H3/t18-,19-/m0/s1. The zero-order valence-corrected chi connectivity index (χ0v) is 17.8. The Morgan fingerprint density at radius 1 is 1.00 bits per heavy atom. The van der Waals surface area contributed by atoms with Crippen molar-refractivity contribution < 1.29 is 9.53 Å². The van der Waals surface area contributed by atoms with Gasteiger partial charge in [0.25, 0.3) is 5.56 Å². The third-order valence-corrected chi connectivity index (χ3v) is 6.20. The molecule has 0 amide bonds. The SMILES string of the molecule is COC(=O)[C@H]1CCC[C@H](n2nc(-c3c(-c4ccccc4)nn4ccccc34)ccc2=O)C1. The van der Waals surface area contributed by atoms with E-state index < -0.39 is 0 Å². The molecule has 0 aliphatic heterocycles. The number of hydrogen-bond acceptors (Lipinski definition) is 5. The lowest BCUT2D eigenvalue weighted by Gasteiger charge is -2.28. The predicted molar refractivity (Wildman–Crippen MR) is 121 cm³/mol. The first-order chi connectivity index (χ1) is 15.7. The molecule has 7 heteroatoms. The Balaban J connectivity index is 1.63. The fraction of sp³-hybridized carbons (Fsp3) is 0.280. The Morgan fingerprint density at radius 2 is 1.81 bits per heavy atom. The van der Waals surface area contributed by atoms with E-state index in [-0.39, 0.29) is 23.5 Å². The summed E-state index contributed by atoms with van der Waals surface area (Å²) in [7, 11) is 1.41. The summed E-state index contributed by atoms with van der Waals surface area (Å²) >= 11 is 0. The molecule has 0 N–H and O–H groups in total. The van der Waals surface area contributed by atoms with Crippen LogP contribution in [0, 0.1) is 5.92 Å². The average molecular weight is 428 g/mol. The highest BCUT2D eigenvalue weighted by Gasteiger charge is 2.30. The molecule has 32 heavy (non-hydrogen) atoms. The van der Waals surface area contributed by atoms with Crippen LogP contribution in [0.5, 0.6) is 0 Å². The highest BCUT2D eigenvalue weighted by molar-refractivity contribution is 5.90. The number of ether oxygens (including phenoxy) is 1. The number of esters is 1. The number of rotatable bonds is 4. The van der Waals surface area contributed by atoms with Crippen LogP contribution >= 0.6 is 0 Å². The van der Waals surface area contributed by atoms with Crippen LogP contribution in [0.2, 0.25) is 0 Å². The van der Waals surface area contributed by atoms with Gasteiger partial charge in [-0.3, -0.25) is 9.59 Å². The second kappa shape index (κ2) is 8.42. The van der Waals surface area contributed by atoms with Crippen LogP contribution in [0.15, 0.2) is 71.7 Å². The topological polar surface area (TPSA) is 78.5 Å². The van der Waals surface area contributed by atoms with Crippen molar-refractivity contribution in [1.29, 1.82) is 0 Å². The highest BCUT2D eigenvalue weighted by atomic mass is 16.5. The van der Waals surface area contributed by atoms with Gasteiger partial charge in [-0.15, -0.1) is 0 Å². The van der Waals surface area contributed by atoms with Crippen LogP contribution < -0.4 is 5.56 Å². The summed E-state index contributed by atoms with van der Waals surface area (Å²) < 4.78 is 8.33. The number of methoxy groups -OCH3 is 1. The van der Waals surface area contributed by atoms with Gasteiger partial charge < -0.3 is 4.74 Å². The molecule has 4 aromatic rings. The number of fused-ring (bicyclic) bond motifs is 1. The molecule has 7 nitrogen and oxygen atoms in total. The Morgan fingerprint density at radius 3 is 2.62 bits per heavy atom. The molecular weight excluding hydrogens is 404 g/mol. The summed E-state index contributed by atoms with van der Waals surface area (Å²) in [6.45, 7) is 0. The van der Waals surface area contributed by atoms with E-state index in [9.17, 15) is 9.59 Å². The van der Waals surface area contributed by atoms with Crippen LogP contribution in [0.1, 0.15) is 31.7 Å². The summed E-state index contributed by atoms with van der Waals surface area (Å²) in [6.07, 6.45) is 4.91. The minimum Gasteiger partial charge on any atom is -0.469 e. The van der Waals surface area contributed by atoms with Crippen LogP contribution in [-0.2, 0) is 9.53 Å². The van der Waals surface area contributed by atoms with Crippen LogP contribution in [0.25, 0.3) is 28.0 Å².